The molecule has 1 unspecified atom stereocenters. The van der Waals surface area contributed by atoms with Gasteiger partial charge in [0, 0.05) is 18.6 Å². The van der Waals surface area contributed by atoms with Gasteiger partial charge in [-0.3, -0.25) is 0 Å². The van der Waals surface area contributed by atoms with Gasteiger partial charge in [0.25, 0.3) is 0 Å². The molecule has 2 N–H and O–H groups in total. The van der Waals surface area contributed by atoms with Gasteiger partial charge >= 0.3 is 0 Å². The van der Waals surface area contributed by atoms with Crippen LogP contribution in [0.2, 0.25) is 0 Å². The molecular formula is C15H22F2N2. The van der Waals surface area contributed by atoms with Crippen LogP contribution < -0.4 is 10.6 Å². The zero-order chi connectivity index (χ0) is 14.0. The molecule has 1 saturated carbocycles. The van der Waals surface area contributed by atoms with Crippen molar-refractivity contribution in [1.29, 1.82) is 0 Å². The van der Waals surface area contributed by atoms with Crippen molar-refractivity contribution in [2.75, 3.05) is 11.4 Å². The Morgan fingerprint density at radius 1 is 1.26 bits per heavy atom. The van der Waals surface area contributed by atoms with Crippen molar-refractivity contribution in [2.24, 2.45) is 5.73 Å². The third-order valence-electron chi connectivity index (χ3n) is 3.71. The molecular weight excluding hydrogens is 246 g/mol. The summed E-state index contributed by atoms with van der Waals surface area (Å²) in [6.07, 6.45) is 3.36. The van der Waals surface area contributed by atoms with E-state index in [0.29, 0.717) is 24.6 Å². The van der Waals surface area contributed by atoms with Crippen molar-refractivity contribution in [3.8, 4) is 0 Å². The highest BCUT2D eigenvalue weighted by Crippen LogP contribution is 2.35. The van der Waals surface area contributed by atoms with E-state index >= 15 is 0 Å². The summed E-state index contributed by atoms with van der Waals surface area (Å²) in [5.74, 6) is -0.931. The second-order valence-corrected chi connectivity index (χ2v) is 5.30. The standard InChI is InChI=1S/C15H22F2N2/c1-3-11(18)7-10-8-13(16)15(14(17)9-10)19(4-2)12-5-6-12/h8-9,11-12H,3-7,18H2,1-2H3. The number of hydrogen-bond donors (Lipinski definition) is 1. The molecule has 1 aromatic rings. The first-order chi connectivity index (χ1) is 9.06. The maximum absolute atomic E-state index is 14.2. The van der Waals surface area contributed by atoms with Gasteiger partial charge in [-0.25, -0.2) is 8.78 Å². The predicted molar refractivity (Wildman–Crippen MR) is 74.4 cm³/mol. The third kappa shape index (κ3) is 3.24. The Bertz CT molecular complexity index is 421. The molecule has 1 aliphatic rings. The van der Waals surface area contributed by atoms with Crippen LogP contribution >= 0.6 is 0 Å². The average Bonchev–Trinajstić information content (AvgIpc) is 3.17. The van der Waals surface area contributed by atoms with Gasteiger partial charge in [0.15, 0.2) is 0 Å². The lowest BCUT2D eigenvalue weighted by molar-refractivity contribution is 0.562. The monoisotopic (exact) mass is 268 g/mol. The van der Waals surface area contributed by atoms with Gasteiger partial charge in [0.05, 0.1) is 0 Å². The van der Waals surface area contributed by atoms with E-state index in [0.717, 1.165) is 19.3 Å². The fourth-order valence-electron chi connectivity index (χ4n) is 2.44. The SMILES string of the molecule is CCC(N)Cc1cc(F)c(N(CC)C2CC2)c(F)c1. The molecule has 0 bridgehead atoms. The van der Waals surface area contributed by atoms with Crippen molar-refractivity contribution in [3.63, 3.8) is 0 Å². The van der Waals surface area contributed by atoms with Crippen molar-refractivity contribution in [2.45, 2.75) is 51.6 Å². The number of rotatable bonds is 6. The van der Waals surface area contributed by atoms with E-state index in [2.05, 4.69) is 0 Å². The minimum absolute atomic E-state index is 0.0460. The van der Waals surface area contributed by atoms with E-state index in [-0.39, 0.29) is 11.7 Å². The molecule has 0 heterocycles. The lowest BCUT2D eigenvalue weighted by Gasteiger charge is -2.24. The Hall–Kier alpha value is -1.16. The van der Waals surface area contributed by atoms with Crippen LogP contribution in [0.1, 0.15) is 38.7 Å². The lowest BCUT2D eigenvalue weighted by atomic mass is 10.0. The molecule has 1 aromatic carbocycles. The molecule has 0 radical (unpaired) electrons. The topological polar surface area (TPSA) is 29.3 Å². The fourth-order valence-corrected chi connectivity index (χ4v) is 2.44. The van der Waals surface area contributed by atoms with Gasteiger partial charge in [-0.05, 0) is 50.3 Å². The minimum atomic E-state index is -0.466. The molecule has 0 aliphatic heterocycles. The van der Waals surface area contributed by atoms with Crippen molar-refractivity contribution in [1.82, 2.24) is 0 Å². The van der Waals surface area contributed by atoms with Gasteiger partial charge in [0.1, 0.15) is 17.3 Å². The Labute approximate surface area is 113 Å². The van der Waals surface area contributed by atoms with Gasteiger partial charge in [0.2, 0.25) is 0 Å². The molecule has 1 atom stereocenters. The van der Waals surface area contributed by atoms with Crippen LogP contribution in [-0.4, -0.2) is 18.6 Å². The molecule has 0 aromatic heterocycles. The highest BCUT2D eigenvalue weighted by Gasteiger charge is 2.31. The van der Waals surface area contributed by atoms with Crippen LogP contribution in [0.4, 0.5) is 14.5 Å². The largest absolute Gasteiger partial charge is 0.364 e. The van der Waals surface area contributed by atoms with E-state index in [1.807, 2.05) is 18.7 Å². The van der Waals surface area contributed by atoms with Crippen LogP contribution in [0.15, 0.2) is 12.1 Å². The molecule has 1 aliphatic carbocycles. The summed E-state index contributed by atoms with van der Waals surface area (Å²) >= 11 is 0. The minimum Gasteiger partial charge on any atom is -0.364 e. The maximum atomic E-state index is 14.2. The van der Waals surface area contributed by atoms with Gasteiger partial charge in [-0.15, -0.1) is 0 Å². The molecule has 19 heavy (non-hydrogen) atoms. The molecule has 2 rings (SSSR count). The number of benzene rings is 1. The van der Waals surface area contributed by atoms with Gasteiger partial charge < -0.3 is 10.6 Å². The molecule has 2 nitrogen and oxygen atoms in total. The Kier molecular flexibility index (Phi) is 4.40. The van der Waals surface area contributed by atoms with Gasteiger partial charge in [-0.1, -0.05) is 6.92 Å². The van der Waals surface area contributed by atoms with Crippen molar-refractivity contribution in [3.05, 3.63) is 29.3 Å². The smallest absolute Gasteiger partial charge is 0.149 e. The number of anilines is 1. The van der Waals surface area contributed by atoms with E-state index in [1.165, 1.54) is 12.1 Å². The summed E-state index contributed by atoms with van der Waals surface area (Å²) in [6, 6.07) is 3.12. The van der Waals surface area contributed by atoms with Crippen molar-refractivity contribution < 1.29 is 8.78 Å². The Morgan fingerprint density at radius 3 is 2.26 bits per heavy atom. The molecule has 1 fully saturated rings. The predicted octanol–water partition coefficient (Wildman–Crippen LogP) is 3.23. The molecule has 4 heteroatoms. The van der Waals surface area contributed by atoms with E-state index < -0.39 is 11.6 Å². The summed E-state index contributed by atoms with van der Waals surface area (Å²) in [6.45, 7) is 4.53. The zero-order valence-corrected chi connectivity index (χ0v) is 11.6. The zero-order valence-electron chi connectivity index (χ0n) is 11.6. The number of nitrogens with zero attached hydrogens (tertiary/aromatic N) is 1. The summed E-state index contributed by atoms with van der Waals surface area (Å²) in [5.41, 5.74) is 6.59. The molecule has 0 amide bonds. The number of halogens is 2. The van der Waals surface area contributed by atoms with Gasteiger partial charge in [-0.2, -0.15) is 0 Å². The fraction of sp³-hybridized carbons (Fsp3) is 0.600. The quantitative estimate of drug-likeness (QED) is 0.858. The molecule has 106 valence electrons. The normalized spacial score (nSPS) is 16.5. The summed E-state index contributed by atoms with van der Waals surface area (Å²) in [7, 11) is 0. The van der Waals surface area contributed by atoms with Crippen LogP contribution in [-0.2, 0) is 6.42 Å². The summed E-state index contributed by atoms with van der Waals surface area (Å²) < 4.78 is 28.3. The lowest BCUT2D eigenvalue weighted by Crippen LogP contribution is -2.27. The van der Waals surface area contributed by atoms with E-state index in [9.17, 15) is 8.78 Å². The Balaban J connectivity index is 2.25. The second-order valence-electron chi connectivity index (χ2n) is 5.30. The van der Waals surface area contributed by atoms with Crippen LogP contribution in [0.5, 0.6) is 0 Å². The maximum Gasteiger partial charge on any atom is 0.149 e. The highest BCUT2D eigenvalue weighted by atomic mass is 19.1. The van der Waals surface area contributed by atoms with Crippen LogP contribution in [0.25, 0.3) is 0 Å². The van der Waals surface area contributed by atoms with Crippen LogP contribution in [0.3, 0.4) is 0 Å². The second kappa shape index (κ2) is 5.87. The average molecular weight is 268 g/mol. The van der Waals surface area contributed by atoms with E-state index in [4.69, 9.17) is 5.73 Å². The summed E-state index contributed by atoms with van der Waals surface area (Å²) in [4.78, 5) is 1.83. The first kappa shape index (κ1) is 14.3. The summed E-state index contributed by atoms with van der Waals surface area (Å²) in [5, 5.41) is 0. The first-order valence-electron chi connectivity index (χ1n) is 7.06. The third-order valence-corrected chi connectivity index (χ3v) is 3.71. The van der Waals surface area contributed by atoms with Crippen molar-refractivity contribution >= 4 is 5.69 Å². The number of hydrogen-bond acceptors (Lipinski definition) is 2. The molecule has 0 spiro atoms. The highest BCUT2D eigenvalue weighted by molar-refractivity contribution is 5.52. The van der Waals surface area contributed by atoms with Crippen LogP contribution in [0, 0.1) is 11.6 Å². The van der Waals surface area contributed by atoms with E-state index in [1.54, 1.807) is 0 Å². The Morgan fingerprint density at radius 2 is 1.84 bits per heavy atom. The molecule has 0 saturated heterocycles. The first-order valence-corrected chi connectivity index (χ1v) is 7.06. The number of nitrogens with two attached hydrogens (primary N) is 1.